The highest BCUT2D eigenvalue weighted by atomic mass is 16.7. The second-order valence-electron chi connectivity index (χ2n) is 9.79. The first kappa shape index (κ1) is 27.4. The molecule has 0 aromatic carbocycles. The Hall–Kier alpha value is -1.80. The van der Waals surface area contributed by atoms with E-state index in [1.165, 1.54) is 0 Å². The van der Waals surface area contributed by atoms with Crippen LogP contribution in [-0.4, -0.2) is 73.1 Å². The number of cyclic esters (lactones) is 1. The minimum atomic E-state index is -1.09. The van der Waals surface area contributed by atoms with Crippen molar-refractivity contribution in [2.24, 2.45) is 17.8 Å². The van der Waals surface area contributed by atoms with Crippen molar-refractivity contribution in [2.45, 2.75) is 77.6 Å². The second-order valence-corrected chi connectivity index (χ2v) is 9.79. The van der Waals surface area contributed by atoms with Gasteiger partial charge in [-0.2, -0.15) is 0 Å². The molecule has 0 radical (unpaired) electrons. The minimum absolute atomic E-state index is 0.0983. The summed E-state index contributed by atoms with van der Waals surface area (Å²) in [5.41, 5.74) is 1.10. The summed E-state index contributed by atoms with van der Waals surface area (Å²) in [6, 6.07) is 0.0983. The molecule has 2 aliphatic heterocycles. The Balaban J connectivity index is 2.37. The number of hydrogen-bond donors (Lipinski definition) is 1. The van der Waals surface area contributed by atoms with Crippen LogP contribution < -0.4 is 0 Å². The van der Waals surface area contributed by atoms with E-state index in [1.807, 2.05) is 27.9 Å². The van der Waals surface area contributed by atoms with Crippen molar-refractivity contribution in [3.63, 3.8) is 0 Å². The molecule has 0 saturated carbocycles. The molecule has 0 bridgehead atoms. The molecule has 0 aromatic heterocycles. The lowest BCUT2D eigenvalue weighted by molar-refractivity contribution is -0.176. The van der Waals surface area contributed by atoms with E-state index in [0.29, 0.717) is 19.4 Å². The molecule has 2 heterocycles. The standard InChI is InChI=1S/C26H41NO6/c1-10-21-17(5)23(29)18(6)22(28)14(2)13-15(3)24(19(7)25(30)32-21)33-26-16(4)20(27(8)9)11-12-31-26/h14-15,17,20-21,23-24,26,29H,4,6-7,10-13H2,1-3,5,8-9H3/t14-,15+,17+,20+,21-,23+,24+,26+/m1/s1. The molecular weight excluding hydrogens is 422 g/mol. The van der Waals surface area contributed by atoms with Crippen molar-refractivity contribution >= 4 is 11.8 Å². The molecule has 0 amide bonds. The number of hydrogen-bond acceptors (Lipinski definition) is 7. The Morgan fingerprint density at radius 3 is 2.33 bits per heavy atom. The number of aliphatic hydroxyl groups excluding tert-OH is 1. The predicted octanol–water partition coefficient (Wildman–Crippen LogP) is 3.28. The number of ketones is 1. The first-order valence-electron chi connectivity index (χ1n) is 11.8. The zero-order valence-corrected chi connectivity index (χ0v) is 21.0. The molecule has 0 spiro atoms. The monoisotopic (exact) mass is 463 g/mol. The third-order valence-electron chi connectivity index (χ3n) is 7.00. The summed E-state index contributed by atoms with van der Waals surface area (Å²) >= 11 is 0. The summed E-state index contributed by atoms with van der Waals surface area (Å²) in [5.74, 6) is -1.92. The molecule has 0 aromatic rings. The molecule has 7 nitrogen and oxygen atoms in total. The van der Waals surface area contributed by atoms with E-state index in [9.17, 15) is 14.7 Å². The predicted molar refractivity (Wildman–Crippen MR) is 127 cm³/mol. The molecule has 2 saturated heterocycles. The van der Waals surface area contributed by atoms with Crippen molar-refractivity contribution in [2.75, 3.05) is 20.7 Å². The van der Waals surface area contributed by atoms with Gasteiger partial charge in [-0.05, 0) is 44.8 Å². The smallest absolute Gasteiger partial charge is 0.336 e. The molecule has 1 N–H and O–H groups in total. The van der Waals surface area contributed by atoms with Crippen molar-refractivity contribution in [3.8, 4) is 0 Å². The van der Waals surface area contributed by atoms with Gasteiger partial charge in [0.05, 0.1) is 24.4 Å². The van der Waals surface area contributed by atoms with Crippen LogP contribution in [0.1, 0.15) is 47.0 Å². The lowest BCUT2D eigenvalue weighted by Gasteiger charge is -2.39. The molecule has 2 fully saturated rings. The SMILES string of the molecule is C=C1C(=O)[C@H](C)C[C@H](C)[C@H](O[C@@H]2OCC[C@H](N(C)C)C2=C)C(=C)C(=O)O[C@H](CC)[C@H](C)[C@@H]1O. The summed E-state index contributed by atoms with van der Waals surface area (Å²) in [7, 11) is 3.96. The van der Waals surface area contributed by atoms with Crippen LogP contribution in [-0.2, 0) is 23.8 Å². The number of rotatable bonds is 4. The summed E-state index contributed by atoms with van der Waals surface area (Å²) < 4.78 is 17.9. The normalized spacial score (nSPS) is 37.5. The van der Waals surface area contributed by atoms with Crippen molar-refractivity contribution in [3.05, 3.63) is 36.5 Å². The van der Waals surface area contributed by atoms with E-state index in [2.05, 4.69) is 24.6 Å². The summed E-state index contributed by atoms with van der Waals surface area (Å²) in [4.78, 5) is 28.2. The van der Waals surface area contributed by atoms with Crippen LogP contribution in [0.4, 0.5) is 0 Å². The van der Waals surface area contributed by atoms with E-state index in [-0.39, 0.29) is 28.9 Å². The van der Waals surface area contributed by atoms with E-state index in [0.717, 1.165) is 12.0 Å². The highest BCUT2D eigenvalue weighted by molar-refractivity contribution is 5.97. The van der Waals surface area contributed by atoms with Crippen LogP contribution in [0.3, 0.4) is 0 Å². The Kier molecular flexibility index (Phi) is 9.61. The van der Waals surface area contributed by atoms with Gasteiger partial charge in [0.1, 0.15) is 6.10 Å². The van der Waals surface area contributed by atoms with Gasteiger partial charge in [0.2, 0.25) is 0 Å². The first-order chi connectivity index (χ1) is 15.4. The Morgan fingerprint density at radius 1 is 1.12 bits per heavy atom. The molecule has 33 heavy (non-hydrogen) atoms. The first-order valence-corrected chi connectivity index (χ1v) is 11.8. The van der Waals surface area contributed by atoms with Gasteiger partial charge in [-0.1, -0.05) is 47.4 Å². The summed E-state index contributed by atoms with van der Waals surface area (Å²) in [6.07, 6.45) is -1.40. The van der Waals surface area contributed by atoms with Gasteiger partial charge in [-0.25, -0.2) is 4.79 Å². The zero-order valence-electron chi connectivity index (χ0n) is 21.0. The summed E-state index contributed by atoms with van der Waals surface area (Å²) in [5, 5.41) is 10.7. The van der Waals surface area contributed by atoms with Gasteiger partial charge in [0, 0.05) is 23.5 Å². The van der Waals surface area contributed by atoms with Crippen LogP contribution in [0.5, 0.6) is 0 Å². The molecule has 7 heteroatoms. The number of Topliss-reactive ketones (excluding diaryl/α,β-unsaturated/α-hetero) is 1. The molecule has 0 unspecified atom stereocenters. The Morgan fingerprint density at radius 2 is 1.76 bits per heavy atom. The zero-order chi connectivity index (χ0) is 25.0. The van der Waals surface area contributed by atoms with Crippen molar-refractivity contribution in [1.82, 2.24) is 4.90 Å². The molecule has 0 aliphatic carbocycles. The van der Waals surface area contributed by atoms with Crippen molar-refractivity contribution < 1.29 is 28.9 Å². The number of carbonyl (C=O) groups excluding carboxylic acids is 2. The van der Waals surface area contributed by atoms with Crippen LogP contribution >= 0.6 is 0 Å². The lowest BCUT2D eigenvalue weighted by Crippen LogP contribution is -2.45. The van der Waals surface area contributed by atoms with Gasteiger partial charge in [-0.15, -0.1) is 0 Å². The largest absolute Gasteiger partial charge is 0.459 e. The highest BCUT2D eigenvalue weighted by Gasteiger charge is 2.39. The molecule has 8 atom stereocenters. The van der Waals surface area contributed by atoms with Gasteiger partial charge >= 0.3 is 5.97 Å². The average Bonchev–Trinajstić information content (AvgIpc) is 2.78. The number of carbonyl (C=O) groups is 2. The molecule has 2 aliphatic rings. The fraction of sp³-hybridized carbons (Fsp3) is 0.692. The number of likely N-dealkylation sites (N-methyl/N-ethyl adjacent to an activating group) is 1. The fourth-order valence-electron chi connectivity index (χ4n) is 4.81. The molecular formula is C26H41NO6. The second kappa shape index (κ2) is 11.6. The number of aliphatic hydroxyl groups is 1. The van der Waals surface area contributed by atoms with Crippen LogP contribution in [0, 0.1) is 17.8 Å². The van der Waals surface area contributed by atoms with E-state index >= 15 is 0 Å². The lowest BCUT2D eigenvalue weighted by atomic mass is 9.81. The molecule has 186 valence electrons. The van der Waals surface area contributed by atoms with E-state index < -0.39 is 42.4 Å². The molecule has 2 rings (SSSR count). The maximum Gasteiger partial charge on any atom is 0.336 e. The van der Waals surface area contributed by atoms with Gasteiger partial charge in [-0.3, -0.25) is 4.79 Å². The summed E-state index contributed by atoms with van der Waals surface area (Å²) in [6.45, 7) is 19.9. The average molecular weight is 464 g/mol. The van der Waals surface area contributed by atoms with Crippen molar-refractivity contribution in [1.29, 1.82) is 0 Å². The van der Waals surface area contributed by atoms with Gasteiger partial charge < -0.3 is 24.2 Å². The van der Waals surface area contributed by atoms with Crippen LogP contribution in [0.2, 0.25) is 0 Å². The third kappa shape index (κ3) is 6.21. The highest BCUT2D eigenvalue weighted by Crippen LogP contribution is 2.33. The number of nitrogens with zero attached hydrogens (tertiary/aromatic N) is 1. The topological polar surface area (TPSA) is 85.3 Å². The fourth-order valence-corrected chi connectivity index (χ4v) is 4.81. The van der Waals surface area contributed by atoms with E-state index in [4.69, 9.17) is 14.2 Å². The minimum Gasteiger partial charge on any atom is -0.459 e. The van der Waals surface area contributed by atoms with E-state index in [1.54, 1.807) is 13.8 Å². The van der Waals surface area contributed by atoms with Gasteiger partial charge in [0.15, 0.2) is 12.1 Å². The third-order valence-corrected chi connectivity index (χ3v) is 7.00. The van der Waals surface area contributed by atoms with Crippen LogP contribution in [0.15, 0.2) is 36.5 Å². The maximum atomic E-state index is 13.1. The van der Waals surface area contributed by atoms with Crippen LogP contribution in [0.25, 0.3) is 0 Å². The number of esters is 1. The number of ether oxygens (including phenoxy) is 3. The maximum absolute atomic E-state index is 13.1. The Bertz CT molecular complexity index is 775. The Labute approximate surface area is 198 Å². The quantitative estimate of drug-likeness (QED) is 0.389. The van der Waals surface area contributed by atoms with Gasteiger partial charge in [0.25, 0.3) is 0 Å².